The van der Waals surface area contributed by atoms with E-state index in [9.17, 15) is 14.4 Å². The summed E-state index contributed by atoms with van der Waals surface area (Å²) in [6.07, 6.45) is 3.43. The molecule has 0 unspecified atom stereocenters. The molecule has 1 aliphatic rings. The van der Waals surface area contributed by atoms with Crippen molar-refractivity contribution in [3.8, 4) is 0 Å². The van der Waals surface area contributed by atoms with Crippen LogP contribution in [0.4, 0.5) is 5.69 Å². The Kier molecular flexibility index (Phi) is 6.71. The predicted octanol–water partition coefficient (Wildman–Crippen LogP) is 3.33. The number of hydrogen-bond acceptors (Lipinski definition) is 5. The third-order valence-electron chi connectivity index (χ3n) is 4.45. The van der Waals surface area contributed by atoms with E-state index in [1.54, 1.807) is 30.3 Å². The first-order valence-electron chi connectivity index (χ1n) is 9.03. The molecule has 0 aromatic heterocycles. The van der Waals surface area contributed by atoms with Crippen LogP contribution >= 0.6 is 11.8 Å². The normalized spacial score (nSPS) is 13.5. The highest BCUT2D eigenvalue weighted by Gasteiger charge is 2.20. The molecule has 2 amide bonds. The summed E-state index contributed by atoms with van der Waals surface area (Å²) in [4.78, 5) is 38.7. The summed E-state index contributed by atoms with van der Waals surface area (Å²) in [7, 11) is 0. The number of likely N-dealkylation sites (tertiary alicyclic amines) is 1. The molecule has 0 radical (unpaired) electrons. The average molecular weight is 398 g/mol. The fourth-order valence-corrected chi connectivity index (χ4v) is 3.54. The van der Waals surface area contributed by atoms with Crippen LogP contribution in [0.2, 0.25) is 0 Å². The number of carbonyl (C=O) groups is 3. The first-order chi connectivity index (χ1) is 13.6. The fourth-order valence-electron chi connectivity index (χ4n) is 2.99. The monoisotopic (exact) mass is 398 g/mol. The molecule has 1 N–H and O–H groups in total. The van der Waals surface area contributed by atoms with E-state index in [0.717, 1.165) is 23.4 Å². The van der Waals surface area contributed by atoms with Crippen LogP contribution in [0.5, 0.6) is 0 Å². The minimum absolute atomic E-state index is 0.164. The van der Waals surface area contributed by atoms with Crippen molar-refractivity contribution in [3.05, 3.63) is 59.7 Å². The number of carbonyl (C=O) groups excluding carboxylic acids is 3. The number of hydrogen-bond donors (Lipinski definition) is 1. The highest BCUT2D eigenvalue weighted by Crippen LogP contribution is 2.24. The summed E-state index contributed by atoms with van der Waals surface area (Å²) in [5, 5.41) is 2.75. The molecular formula is C21H22N2O4S. The molecule has 1 aliphatic heterocycles. The first kappa shape index (κ1) is 19.9. The number of nitrogens with one attached hydrogen (secondary N) is 1. The molecule has 0 spiro atoms. The zero-order valence-electron chi connectivity index (χ0n) is 15.6. The van der Waals surface area contributed by atoms with Crippen LogP contribution in [0.25, 0.3) is 0 Å². The van der Waals surface area contributed by atoms with E-state index < -0.39 is 5.97 Å². The lowest BCUT2D eigenvalue weighted by atomic mass is 10.1. The molecule has 2 aromatic carbocycles. The van der Waals surface area contributed by atoms with Gasteiger partial charge in [0, 0.05) is 24.4 Å². The van der Waals surface area contributed by atoms with Gasteiger partial charge in [-0.2, -0.15) is 0 Å². The third-order valence-corrected chi connectivity index (χ3v) is 5.25. The molecule has 0 atom stereocenters. The molecule has 3 rings (SSSR count). The van der Waals surface area contributed by atoms with Crippen LogP contribution in [0.3, 0.4) is 0 Å². The van der Waals surface area contributed by atoms with Crippen molar-refractivity contribution in [1.29, 1.82) is 0 Å². The van der Waals surface area contributed by atoms with Crippen LogP contribution < -0.4 is 5.32 Å². The number of benzene rings is 2. The van der Waals surface area contributed by atoms with E-state index in [4.69, 9.17) is 4.74 Å². The Bertz CT molecular complexity index is 867. The summed E-state index contributed by atoms with van der Waals surface area (Å²) >= 11 is 1.52. The molecule has 146 valence electrons. The summed E-state index contributed by atoms with van der Waals surface area (Å²) in [6.45, 7) is 0.967. The van der Waals surface area contributed by atoms with E-state index in [2.05, 4.69) is 5.32 Å². The smallest absolute Gasteiger partial charge is 0.338 e. The Morgan fingerprint density at radius 3 is 2.57 bits per heavy atom. The van der Waals surface area contributed by atoms with Crippen molar-refractivity contribution >= 4 is 35.2 Å². The predicted molar refractivity (Wildman–Crippen MR) is 108 cm³/mol. The van der Waals surface area contributed by atoms with Gasteiger partial charge in [0.15, 0.2) is 6.61 Å². The molecule has 2 aromatic rings. The van der Waals surface area contributed by atoms with E-state index in [0.29, 0.717) is 24.2 Å². The maximum Gasteiger partial charge on any atom is 0.338 e. The van der Waals surface area contributed by atoms with Gasteiger partial charge in [-0.1, -0.05) is 24.3 Å². The van der Waals surface area contributed by atoms with Gasteiger partial charge in [0.2, 0.25) is 5.91 Å². The fraction of sp³-hybridized carbons (Fsp3) is 0.286. The second-order valence-corrected chi connectivity index (χ2v) is 7.29. The highest BCUT2D eigenvalue weighted by atomic mass is 32.2. The van der Waals surface area contributed by atoms with Gasteiger partial charge in [-0.05, 0) is 42.5 Å². The highest BCUT2D eigenvalue weighted by molar-refractivity contribution is 7.98. The standard InChI is InChI=1S/C21H22N2O4S/c1-28-18-6-3-2-5-17(18)22-19(24)14-27-21(26)16-10-8-15(9-11-16)13-23-12-4-7-20(23)25/h2-3,5-6,8-11H,4,7,12-14H2,1H3,(H,22,24). The topological polar surface area (TPSA) is 75.7 Å². The first-order valence-corrected chi connectivity index (χ1v) is 10.3. The largest absolute Gasteiger partial charge is 0.452 e. The number of esters is 1. The lowest BCUT2D eigenvalue weighted by molar-refractivity contribution is -0.128. The van der Waals surface area contributed by atoms with Crippen LogP contribution in [0.15, 0.2) is 53.4 Å². The van der Waals surface area contributed by atoms with Crippen molar-refractivity contribution < 1.29 is 19.1 Å². The zero-order chi connectivity index (χ0) is 19.9. The van der Waals surface area contributed by atoms with Crippen molar-refractivity contribution in [2.24, 2.45) is 0 Å². The van der Waals surface area contributed by atoms with Gasteiger partial charge in [0.05, 0.1) is 11.3 Å². The Morgan fingerprint density at radius 1 is 1.14 bits per heavy atom. The third kappa shape index (κ3) is 5.13. The van der Waals surface area contributed by atoms with E-state index in [-0.39, 0.29) is 18.4 Å². The molecule has 1 heterocycles. The molecule has 6 nitrogen and oxygen atoms in total. The Balaban J connectivity index is 1.50. The number of rotatable bonds is 7. The molecule has 0 saturated carbocycles. The summed E-state index contributed by atoms with van der Waals surface area (Å²) in [5.74, 6) is -0.784. The summed E-state index contributed by atoms with van der Waals surface area (Å²) in [6, 6.07) is 14.3. The zero-order valence-corrected chi connectivity index (χ0v) is 16.5. The number of nitrogens with zero attached hydrogens (tertiary/aromatic N) is 1. The lowest BCUT2D eigenvalue weighted by Gasteiger charge is -2.15. The maximum absolute atomic E-state index is 12.2. The second kappa shape index (κ2) is 9.41. The molecule has 7 heteroatoms. The average Bonchev–Trinajstić information content (AvgIpc) is 3.11. The Hall–Kier alpha value is -2.80. The molecule has 1 saturated heterocycles. The van der Waals surface area contributed by atoms with Crippen molar-refractivity contribution in [2.75, 3.05) is 24.7 Å². The van der Waals surface area contributed by atoms with E-state index in [1.165, 1.54) is 11.8 Å². The summed E-state index contributed by atoms with van der Waals surface area (Å²) < 4.78 is 5.10. The van der Waals surface area contributed by atoms with Crippen LogP contribution in [-0.4, -0.2) is 42.1 Å². The van der Waals surface area contributed by atoms with Gasteiger partial charge < -0.3 is 15.0 Å². The number of ether oxygens (including phenoxy) is 1. The molecule has 1 fully saturated rings. The molecule has 0 aliphatic carbocycles. The van der Waals surface area contributed by atoms with Gasteiger partial charge >= 0.3 is 5.97 Å². The van der Waals surface area contributed by atoms with Crippen molar-refractivity contribution in [1.82, 2.24) is 4.90 Å². The van der Waals surface area contributed by atoms with Crippen LogP contribution in [-0.2, 0) is 20.9 Å². The van der Waals surface area contributed by atoms with Gasteiger partial charge in [0.1, 0.15) is 0 Å². The quantitative estimate of drug-likeness (QED) is 0.572. The van der Waals surface area contributed by atoms with Crippen molar-refractivity contribution in [3.63, 3.8) is 0 Å². The SMILES string of the molecule is CSc1ccccc1NC(=O)COC(=O)c1ccc(CN2CCCC2=O)cc1. The summed E-state index contributed by atoms with van der Waals surface area (Å²) in [5.41, 5.74) is 2.02. The number of para-hydroxylation sites is 1. The van der Waals surface area contributed by atoms with Gasteiger partial charge in [-0.15, -0.1) is 11.8 Å². The minimum Gasteiger partial charge on any atom is -0.452 e. The molecule has 0 bridgehead atoms. The maximum atomic E-state index is 12.2. The number of amides is 2. The van der Waals surface area contributed by atoms with Gasteiger partial charge in [0.25, 0.3) is 5.91 Å². The van der Waals surface area contributed by atoms with Gasteiger partial charge in [-0.25, -0.2) is 4.79 Å². The lowest BCUT2D eigenvalue weighted by Crippen LogP contribution is -2.23. The van der Waals surface area contributed by atoms with Crippen LogP contribution in [0, 0.1) is 0 Å². The molecule has 28 heavy (non-hydrogen) atoms. The second-order valence-electron chi connectivity index (χ2n) is 6.44. The van der Waals surface area contributed by atoms with E-state index in [1.807, 2.05) is 29.4 Å². The van der Waals surface area contributed by atoms with Crippen LogP contribution in [0.1, 0.15) is 28.8 Å². The van der Waals surface area contributed by atoms with Gasteiger partial charge in [-0.3, -0.25) is 9.59 Å². The number of anilines is 1. The van der Waals surface area contributed by atoms with Crippen molar-refractivity contribution in [2.45, 2.75) is 24.3 Å². The minimum atomic E-state index is -0.558. The Labute approximate surface area is 168 Å². The molecular weight excluding hydrogens is 376 g/mol. The Morgan fingerprint density at radius 2 is 1.89 bits per heavy atom. The van der Waals surface area contributed by atoms with E-state index >= 15 is 0 Å². The number of thioether (sulfide) groups is 1.